The average molecular weight is 557 g/mol. The summed E-state index contributed by atoms with van der Waals surface area (Å²) in [7, 11) is -3.71. The second-order valence-corrected chi connectivity index (χ2v) is 13.3. The number of benzene rings is 2. The van der Waals surface area contributed by atoms with Crippen LogP contribution in [0.4, 0.5) is 4.79 Å². The van der Waals surface area contributed by atoms with Crippen LogP contribution in [-0.2, 0) is 33.4 Å². The van der Waals surface area contributed by atoms with Gasteiger partial charge >= 0.3 is 6.09 Å². The molecule has 0 radical (unpaired) electrons. The smallest absolute Gasteiger partial charge is 0.407 e. The van der Waals surface area contributed by atoms with E-state index in [0.29, 0.717) is 33.0 Å². The molecule has 2 heterocycles. The van der Waals surface area contributed by atoms with E-state index in [9.17, 15) is 18.5 Å². The number of fused-ring (bicyclic) bond motifs is 1. The quantitative estimate of drug-likeness (QED) is 0.314. The number of halogens is 1. The highest BCUT2D eigenvalue weighted by Crippen LogP contribution is 2.31. The van der Waals surface area contributed by atoms with Gasteiger partial charge in [-0.1, -0.05) is 41.9 Å². The number of sulfone groups is 1. The molecule has 0 saturated heterocycles. The van der Waals surface area contributed by atoms with Gasteiger partial charge in [0.25, 0.3) is 0 Å². The van der Waals surface area contributed by atoms with Crippen LogP contribution in [-0.4, -0.2) is 29.9 Å². The highest BCUT2D eigenvalue weighted by Gasteiger charge is 2.24. The molecule has 1 amide bonds. The van der Waals surface area contributed by atoms with Crippen LogP contribution in [0.3, 0.4) is 0 Å². The van der Waals surface area contributed by atoms with E-state index in [0.717, 1.165) is 22.5 Å². The number of nitrogens with zero attached hydrogens (tertiary/aromatic N) is 3. The number of ether oxygens (including phenoxy) is 1. The Morgan fingerprint density at radius 2 is 1.89 bits per heavy atom. The second-order valence-electron chi connectivity index (χ2n) is 9.41. The molecule has 8 nitrogen and oxygen atoms in total. The summed E-state index contributed by atoms with van der Waals surface area (Å²) in [6, 6.07) is 18.0. The number of alkyl carbamates (subject to hydrolysis) is 1. The fraction of sp³-hybridized carbons (Fsp3) is 0.269. The molecule has 4 rings (SSSR count). The first-order valence-electron chi connectivity index (χ1n) is 11.4. The fourth-order valence-electron chi connectivity index (χ4n) is 3.84. The average Bonchev–Trinajstić information content (AvgIpc) is 3.41. The number of hydrogen-bond acceptors (Lipinski definition) is 7. The van der Waals surface area contributed by atoms with Crippen LogP contribution in [0, 0.1) is 11.3 Å². The molecule has 0 aliphatic rings. The van der Waals surface area contributed by atoms with E-state index in [-0.39, 0.29) is 16.5 Å². The van der Waals surface area contributed by atoms with Crippen LogP contribution in [0.15, 0.2) is 58.8 Å². The van der Waals surface area contributed by atoms with E-state index in [1.54, 1.807) is 43.7 Å². The van der Waals surface area contributed by atoms with Gasteiger partial charge in [0.05, 0.1) is 33.7 Å². The molecule has 1 N–H and O–H groups in total. The molecule has 4 aromatic rings. The Balaban J connectivity index is 1.62. The number of nitriles is 1. The Kier molecular flexibility index (Phi) is 7.59. The predicted octanol–water partition coefficient (Wildman–Crippen LogP) is 5.67. The van der Waals surface area contributed by atoms with E-state index in [4.69, 9.17) is 16.3 Å². The van der Waals surface area contributed by atoms with Crippen LogP contribution in [0.1, 0.15) is 43.2 Å². The Hall–Kier alpha value is -3.39. The van der Waals surface area contributed by atoms with Crippen LogP contribution in [0.2, 0.25) is 4.34 Å². The van der Waals surface area contributed by atoms with Gasteiger partial charge in [-0.15, -0.1) is 11.3 Å². The lowest BCUT2D eigenvalue weighted by Crippen LogP contribution is -2.32. The monoisotopic (exact) mass is 556 g/mol. The topological polar surface area (TPSA) is 114 Å². The minimum absolute atomic E-state index is 0.153. The van der Waals surface area contributed by atoms with Gasteiger partial charge in [-0.05, 0) is 56.2 Å². The number of carbonyl (C=O) groups is 1. The van der Waals surface area contributed by atoms with Crippen LogP contribution < -0.4 is 5.32 Å². The summed E-state index contributed by atoms with van der Waals surface area (Å²) < 4.78 is 33.6. The number of rotatable bonds is 7. The molecular weight excluding hydrogens is 532 g/mol. The number of aromatic nitrogens is 2. The first kappa shape index (κ1) is 26.7. The van der Waals surface area contributed by atoms with Crippen LogP contribution in [0.25, 0.3) is 10.9 Å². The normalized spacial score (nSPS) is 11.9. The standard InChI is InChI=1S/C26H25ClN4O4S2/c1-26(2,3)35-25(32)29-14-17-6-4-7-18(12-17)15-31-21-9-5-8-19(13-28)24(21)20(30-31)16-37(33,34)23-11-10-22(27)36-23/h4-12H,14-16H2,1-3H3,(H,29,32). The van der Waals surface area contributed by atoms with Gasteiger partial charge in [-0.25, -0.2) is 13.2 Å². The van der Waals surface area contributed by atoms with Crippen LogP contribution >= 0.6 is 22.9 Å². The van der Waals surface area contributed by atoms with Gasteiger partial charge < -0.3 is 10.1 Å². The predicted molar refractivity (Wildman–Crippen MR) is 143 cm³/mol. The largest absolute Gasteiger partial charge is 0.444 e. The van der Waals surface area contributed by atoms with Crippen molar-refractivity contribution in [1.82, 2.24) is 15.1 Å². The fourth-order valence-corrected chi connectivity index (χ4v) is 6.69. The molecule has 0 aliphatic carbocycles. The molecule has 0 unspecified atom stereocenters. The van der Waals surface area contributed by atoms with Crippen molar-refractivity contribution in [2.24, 2.45) is 0 Å². The highest BCUT2D eigenvalue weighted by molar-refractivity contribution is 7.92. The number of carbonyl (C=O) groups excluding carboxylic acids is 1. The van der Waals surface area contributed by atoms with E-state index in [1.807, 2.05) is 30.3 Å². The Morgan fingerprint density at radius 1 is 1.16 bits per heavy atom. The number of nitrogens with one attached hydrogen (secondary N) is 1. The van der Waals surface area contributed by atoms with E-state index in [2.05, 4.69) is 16.5 Å². The molecule has 2 aromatic carbocycles. The Labute approximate surface area is 224 Å². The maximum Gasteiger partial charge on any atom is 0.407 e. The minimum Gasteiger partial charge on any atom is -0.444 e. The molecule has 0 aliphatic heterocycles. The van der Waals surface area contributed by atoms with E-state index < -0.39 is 21.5 Å². The highest BCUT2D eigenvalue weighted by atomic mass is 35.5. The zero-order valence-electron chi connectivity index (χ0n) is 20.5. The third-order valence-electron chi connectivity index (χ3n) is 5.31. The summed E-state index contributed by atoms with van der Waals surface area (Å²) in [5.74, 6) is -0.355. The first-order chi connectivity index (χ1) is 17.4. The summed E-state index contributed by atoms with van der Waals surface area (Å²) in [6.45, 7) is 6.03. The van der Waals surface area contributed by atoms with Crippen molar-refractivity contribution >= 4 is 49.8 Å². The van der Waals surface area contributed by atoms with Gasteiger partial charge in [0, 0.05) is 11.9 Å². The SMILES string of the molecule is CC(C)(C)OC(=O)NCc1cccc(Cn2nc(CS(=O)(=O)c3ccc(Cl)s3)c3c(C#N)cccc32)c1. The molecule has 0 bridgehead atoms. The van der Waals surface area contributed by atoms with Crippen molar-refractivity contribution in [2.75, 3.05) is 0 Å². The molecular formula is C26H25ClN4O4S2. The lowest BCUT2D eigenvalue weighted by molar-refractivity contribution is 0.0523. The van der Waals surface area contributed by atoms with Crippen molar-refractivity contribution < 1.29 is 17.9 Å². The maximum absolute atomic E-state index is 13.1. The Bertz CT molecular complexity index is 1610. The van der Waals surface area contributed by atoms with Gasteiger partial charge in [0.2, 0.25) is 0 Å². The second kappa shape index (κ2) is 10.5. The van der Waals surface area contributed by atoms with E-state index >= 15 is 0 Å². The molecule has 0 fully saturated rings. The molecule has 2 aromatic heterocycles. The van der Waals surface area contributed by atoms with Crippen molar-refractivity contribution in [3.8, 4) is 6.07 Å². The lowest BCUT2D eigenvalue weighted by atomic mass is 10.1. The summed E-state index contributed by atoms with van der Waals surface area (Å²) in [4.78, 5) is 12.0. The number of hydrogen-bond donors (Lipinski definition) is 1. The van der Waals surface area contributed by atoms with E-state index in [1.165, 1.54) is 6.07 Å². The van der Waals surface area contributed by atoms with Crippen molar-refractivity contribution in [3.05, 3.63) is 81.3 Å². The van der Waals surface area contributed by atoms with Crippen molar-refractivity contribution in [1.29, 1.82) is 5.26 Å². The van der Waals surface area contributed by atoms with Gasteiger partial charge in [0.15, 0.2) is 9.84 Å². The summed E-state index contributed by atoms with van der Waals surface area (Å²) in [6.07, 6.45) is -0.502. The van der Waals surface area contributed by atoms with Gasteiger partial charge in [0.1, 0.15) is 15.6 Å². The Morgan fingerprint density at radius 3 is 2.57 bits per heavy atom. The lowest BCUT2D eigenvalue weighted by Gasteiger charge is -2.19. The molecule has 0 saturated carbocycles. The molecule has 37 heavy (non-hydrogen) atoms. The molecule has 0 spiro atoms. The van der Waals surface area contributed by atoms with Crippen molar-refractivity contribution in [3.63, 3.8) is 0 Å². The zero-order chi connectivity index (χ0) is 26.8. The number of amides is 1. The first-order valence-corrected chi connectivity index (χ1v) is 14.2. The zero-order valence-corrected chi connectivity index (χ0v) is 22.9. The summed E-state index contributed by atoms with van der Waals surface area (Å²) in [5, 5.41) is 17.6. The number of thiophene rings is 1. The van der Waals surface area contributed by atoms with Gasteiger partial charge in [-0.2, -0.15) is 10.4 Å². The minimum atomic E-state index is -3.71. The maximum atomic E-state index is 13.1. The van der Waals surface area contributed by atoms with Crippen LogP contribution in [0.5, 0.6) is 0 Å². The molecule has 0 atom stereocenters. The van der Waals surface area contributed by atoms with Crippen molar-refractivity contribution in [2.45, 2.75) is 49.4 Å². The molecule has 192 valence electrons. The van der Waals surface area contributed by atoms with Gasteiger partial charge in [-0.3, -0.25) is 4.68 Å². The summed E-state index contributed by atoms with van der Waals surface area (Å²) >= 11 is 6.94. The summed E-state index contributed by atoms with van der Waals surface area (Å²) in [5.41, 5.74) is 2.50. The third kappa shape index (κ3) is 6.49. The molecule has 11 heteroatoms. The third-order valence-corrected chi connectivity index (χ3v) is 8.75.